The molecule has 0 aliphatic heterocycles. The Bertz CT molecular complexity index is 163. The normalized spacial score (nSPS) is 29.8. The first-order valence-electron chi connectivity index (χ1n) is 5.16. The van der Waals surface area contributed by atoms with Gasteiger partial charge in [-0.2, -0.15) is 0 Å². The molecule has 0 saturated heterocycles. The molecule has 1 N–H and O–H groups in total. The number of rotatable bonds is 2. The number of nitrogens with one attached hydrogen (secondary N) is 1. The van der Waals surface area contributed by atoms with Gasteiger partial charge in [-0.1, -0.05) is 20.8 Å². The molecular formula is C11H20NO. The molecule has 1 fully saturated rings. The fraction of sp³-hybridized carbons (Fsp3) is 0.909. The lowest BCUT2D eigenvalue weighted by Crippen LogP contribution is -2.35. The Labute approximate surface area is 81.1 Å². The molecule has 2 heteroatoms. The van der Waals surface area contributed by atoms with Crippen molar-refractivity contribution in [3.05, 3.63) is 0 Å². The van der Waals surface area contributed by atoms with E-state index in [1.165, 1.54) is 12.8 Å². The number of amides is 1. The van der Waals surface area contributed by atoms with Crippen molar-refractivity contribution in [3.8, 4) is 0 Å². The third-order valence-electron chi connectivity index (χ3n) is 3.21. The Hall–Kier alpha value is -0.530. The molecule has 0 aromatic carbocycles. The van der Waals surface area contributed by atoms with Crippen LogP contribution in [0.15, 0.2) is 0 Å². The molecule has 1 aliphatic carbocycles. The minimum Gasteiger partial charge on any atom is -0.345 e. The third-order valence-corrected chi connectivity index (χ3v) is 3.21. The monoisotopic (exact) mass is 182 g/mol. The van der Waals surface area contributed by atoms with Gasteiger partial charge < -0.3 is 5.32 Å². The van der Waals surface area contributed by atoms with Gasteiger partial charge in [-0.15, -0.1) is 0 Å². The summed E-state index contributed by atoms with van der Waals surface area (Å²) < 4.78 is 0. The minimum absolute atomic E-state index is 0.385. The van der Waals surface area contributed by atoms with Gasteiger partial charge in [0.05, 0.1) is 0 Å². The van der Waals surface area contributed by atoms with Crippen molar-refractivity contribution in [2.45, 2.75) is 52.5 Å². The van der Waals surface area contributed by atoms with Gasteiger partial charge in [0.15, 0.2) is 0 Å². The number of carbonyl (C=O) groups excluding carboxylic acids is 1. The molecule has 1 aliphatic rings. The highest BCUT2D eigenvalue weighted by atomic mass is 16.1. The average molecular weight is 182 g/mol. The van der Waals surface area contributed by atoms with E-state index < -0.39 is 0 Å². The van der Waals surface area contributed by atoms with Crippen LogP contribution in [0, 0.1) is 11.3 Å². The van der Waals surface area contributed by atoms with E-state index in [0.29, 0.717) is 11.5 Å². The zero-order valence-corrected chi connectivity index (χ0v) is 8.89. The van der Waals surface area contributed by atoms with Crippen LogP contribution in [0.25, 0.3) is 0 Å². The highest BCUT2D eigenvalue weighted by Crippen LogP contribution is 2.37. The second-order valence-electron chi connectivity index (χ2n) is 5.16. The zero-order chi connectivity index (χ0) is 9.90. The van der Waals surface area contributed by atoms with Gasteiger partial charge in [-0.05, 0) is 37.0 Å². The summed E-state index contributed by atoms with van der Waals surface area (Å²) in [5.74, 6) is 0.817. The Kier molecular flexibility index (Phi) is 3.34. The first kappa shape index (κ1) is 10.6. The van der Waals surface area contributed by atoms with E-state index >= 15 is 0 Å². The minimum atomic E-state index is 0.385. The summed E-state index contributed by atoms with van der Waals surface area (Å²) in [6.07, 6.45) is 6.51. The van der Waals surface area contributed by atoms with Gasteiger partial charge in [0.1, 0.15) is 0 Å². The Morgan fingerprint density at radius 2 is 1.69 bits per heavy atom. The standard InChI is InChI=1S/C11H20NO/c1-11(2,3)9-4-6-10(7-5-9)12-8-13/h9-10H,4-7H2,1-3H3,(H,12,13). The molecule has 0 bridgehead atoms. The second kappa shape index (κ2) is 4.12. The van der Waals surface area contributed by atoms with Crippen LogP contribution in [0.3, 0.4) is 0 Å². The summed E-state index contributed by atoms with van der Waals surface area (Å²) in [6, 6.07) is 0.385. The highest BCUT2D eigenvalue weighted by Gasteiger charge is 2.29. The smallest absolute Gasteiger partial charge is 0.309 e. The summed E-state index contributed by atoms with van der Waals surface area (Å²) in [4.78, 5) is 10.1. The van der Waals surface area contributed by atoms with Gasteiger partial charge in [0.25, 0.3) is 0 Å². The van der Waals surface area contributed by atoms with E-state index in [0.717, 1.165) is 18.8 Å². The predicted octanol–water partition coefficient (Wildman–Crippen LogP) is 2.25. The Balaban J connectivity index is 2.34. The predicted molar refractivity (Wildman–Crippen MR) is 54.0 cm³/mol. The summed E-state index contributed by atoms with van der Waals surface area (Å²) in [7, 11) is 0. The topological polar surface area (TPSA) is 29.1 Å². The van der Waals surface area contributed by atoms with E-state index in [9.17, 15) is 4.79 Å². The van der Waals surface area contributed by atoms with E-state index in [2.05, 4.69) is 26.1 Å². The summed E-state index contributed by atoms with van der Waals surface area (Å²) in [5, 5.41) is 2.75. The van der Waals surface area contributed by atoms with Crippen molar-refractivity contribution in [1.29, 1.82) is 0 Å². The maximum atomic E-state index is 10.1. The van der Waals surface area contributed by atoms with Gasteiger partial charge in [0.2, 0.25) is 0 Å². The maximum absolute atomic E-state index is 10.1. The maximum Gasteiger partial charge on any atom is 0.309 e. The molecule has 1 radical (unpaired) electrons. The Morgan fingerprint density at radius 3 is 2.08 bits per heavy atom. The molecule has 1 amide bonds. The van der Waals surface area contributed by atoms with Crippen molar-refractivity contribution >= 4 is 6.41 Å². The molecule has 13 heavy (non-hydrogen) atoms. The van der Waals surface area contributed by atoms with Crippen LogP contribution in [0.2, 0.25) is 0 Å². The van der Waals surface area contributed by atoms with Crippen LogP contribution in [0.4, 0.5) is 0 Å². The largest absolute Gasteiger partial charge is 0.345 e. The molecule has 0 aromatic rings. The fourth-order valence-corrected chi connectivity index (χ4v) is 2.19. The summed E-state index contributed by atoms with van der Waals surface area (Å²) in [5.41, 5.74) is 0.426. The summed E-state index contributed by atoms with van der Waals surface area (Å²) >= 11 is 0. The van der Waals surface area contributed by atoms with Gasteiger partial charge >= 0.3 is 6.41 Å². The van der Waals surface area contributed by atoms with Crippen LogP contribution >= 0.6 is 0 Å². The molecule has 75 valence electrons. The zero-order valence-electron chi connectivity index (χ0n) is 8.89. The lowest BCUT2D eigenvalue weighted by molar-refractivity contribution is 0.165. The van der Waals surface area contributed by atoms with Crippen molar-refractivity contribution in [3.63, 3.8) is 0 Å². The average Bonchev–Trinajstić information content (AvgIpc) is 2.04. The molecule has 1 saturated carbocycles. The molecule has 0 atom stereocenters. The number of hydrogen-bond donors (Lipinski definition) is 1. The third kappa shape index (κ3) is 3.02. The van der Waals surface area contributed by atoms with E-state index in [-0.39, 0.29) is 0 Å². The van der Waals surface area contributed by atoms with Gasteiger partial charge in [0, 0.05) is 6.04 Å². The van der Waals surface area contributed by atoms with Gasteiger partial charge in [-0.3, -0.25) is 4.79 Å². The highest BCUT2D eigenvalue weighted by molar-refractivity contribution is 5.47. The van der Waals surface area contributed by atoms with E-state index in [1.807, 2.05) is 0 Å². The first-order valence-corrected chi connectivity index (χ1v) is 5.16. The lowest BCUT2D eigenvalue weighted by atomic mass is 9.71. The van der Waals surface area contributed by atoms with Gasteiger partial charge in [-0.25, -0.2) is 0 Å². The second-order valence-corrected chi connectivity index (χ2v) is 5.16. The molecule has 0 aromatic heterocycles. The molecule has 0 heterocycles. The molecule has 0 unspecified atom stereocenters. The van der Waals surface area contributed by atoms with Crippen molar-refractivity contribution < 1.29 is 4.79 Å². The quantitative estimate of drug-likeness (QED) is 0.652. The van der Waals surface area contributed by atoms with Crippen LogP contribution in [-0.2, 0) is 4.79 Å². The first-order chi connectivity index (χ1) is 6.04. The van der Waals surface area contributed by atoms with Crippen molar-refractivity contribution in [2.24, 2.45) is 11.3 Å². The number of hydrogen-bond acceptors (Lipinski definition) is 1. The van der Waals surface area contributed by atoms with Crippen molar-refractivity contribution in [1.82, 2.24) is 5.32 Å². The van der Waals surface area contributed by atoms with Crippen LogP contribution in [0.5, 0.6) is 0 Å². The van der Waals surface area contributed by atoms with Crippen LogP contribution in [-0.4, -0.2) is 12.5 Å². The van der Waals surface area contributed by atoms with E-state index in [1.54, 1.807) is 6.41 Å². The SMILES string of the molecule is CC(C)(C)C1CCC(N[C]=O)CC1. The Morgan fingerprint density at radius 1 is 1.15 bits per heavy atom. The fourth-order valence-electron chi connectivity index (χ4n) is 2.19. The van der Waals surface area contributed by atoms with Crippen LogP contribution in [0.1, 0.15) is 46.5 Å². The van der Waals surface area contributed by atoms with Crippen molar-refractivity contribution in [2.75, 3.05) is 0 Å². The molecular weight excluding hydrogens is 162 g/mol. The molecule has 2 nitrogen and oxygen atoms in total. The lowest BCUT2D eigenvalue weighted by Gasteiger charge is -2.36. The molecule has 1 rings (SSSR count). The summed E-state index contributed by atoms with van der Waals surface area (Å²) in [6.45, 7) is 6.91. The van der Waals surface area contributed by atoms with Crippen LogP contribution < -0.4 is 5.32 Å². The molecule has 0 spiro atoms. The van der Waals surface area contributed by atoms with E-state index in [4.69, 9.17) is 0 Å².